The van der Waals surface area contributed by atoms with Crippen LogP contribution in [0.15, 0.2) is 72.8 Å². The van der Waals surface area contributed by atoms with E-state index in [0.29, 0.717) is 30.0 Å². The molecule has 3 atom stereocenters. The van der Waals surface area contributed by atoms with Crippen LogP contribution in [0, 0.1) is 0 Å². The number of aromatic amines is 1. The number of nitrogens with zero attached hydrogens (tertiary/aromatic N) is 2. The van der Waals surface area contributed by atoms with Gasteiger partial charge in [0.15, 0.2) is 0 Å². The number of carbonyl (C=O) groups excluding carboxylic acids is 3. The Bertz CT molecular complexity index is 1640. The molecule has 4 amide bonds. The topological polar surface area (TPSA) is 104 Å². The van der Waals surface area contributed by atoms with Crippen LogP contribution in [0.1, 0.15) is 46.1 Å². The number of rotatable bonds is 6. The summed E-state index contributed by atoms with van der Waals surface area (Å²) in [6, 6.07) is 20.7. The van der Waals surface area contributed by atoms with Crippen LogP contribution >= 0.6 is 0 Å². The van der Waals surface area contributed by atoms with Crippen LogP contribution in [0.4, 0.5) is 10.5 Å². The Labute approximate surface area is 237 Å². The van der Waals surface area contributed by atoms with E-state index in [0.717, 1.165) is 47.2 Å². The quantitative estimate of drug-likeness (QED) is 0.343. The number of methoxy groups -OCH3 is 1. The Morgan fingerprint density at radius 2 is 1.83 bits per heavy atom. The summed E-state index contributed by atoms with van der Waals surface area (Å²) in [5.41, 5.74) is 4.71. The maximum atomic E-state index is 14.0. The SMILES string of the molecule is COc1ccc([C@@H]2c3[nH]c4ccccc4c3C[C@H]3C(=O)N(c4ccc(C(=O)NC[C@H]5CCCO5)cc4)C(=O)N23)cc1. The Morgan fingerprint density at radius 1 is 1.05 bits per heavy atom. The second kappa shape index (κ2) is 10.1. The van der Waals surface area contributed by atoms with Crippen LogP contribution in [0.5, 0.6) is 5.75 Å². The number of benzene rings is 3. The second-order valence-electron chi connectivity index (χ2n) is 10.7. The third kappa shape index (κ3) is 4.24. The van der Waals surface area contributed by atoms with Gasteiger partial charge in [-0.1, -0.05) is 30.3 Å². The molecule has 0 bridgehead atoms. The monoisotopic (exact) mass is 550 g/mol. The number of hydrogen-bond donors (Lipinski definition) is 2. The predicted octanol–water partition coefficient (Wildman–Crippen LogP) is 4.57. The first kappa shape index (κ1) is 25.3. The van der Waals surface area contributed by atoms with E-state index in [4.69, 9.17) is 9.47 Å². The standard InChI is InChI=1S/C32H30N4O5/c1-40-22-14-10-19(11-15-22)29-28-25(24-6-2-3-7-26(24)34-28)17-27-31(38)35(32(39)36(27)29)21-12-8-20(9-13-21)30(37)33-18-23-5-4-16-41-23/h2-3,6-15,23,27,29,34H,4-5,16-18H2,1H3,(H,33,37)/t23-,27+,29-/m1/s1. The second-order valence-corrected chi connectivity index (χ2v) is 10.7. The van der Waals surface area contributed by atoms with Crippen molar-refractivity contribution in [1.29, 1.82) is 0 Å². The molecule has 3 aliphatic rings. The number of anilines is 1. The lowest BCUT2D eigenvalue weighted by Crippen LogP contribution is -2.44. The number of amides is 4. The fourth-order valence-electron chi connectivity index (χ4n) is 6.32. The summed E-state index contributed by atoms with van der Waals surface area (Å²) in [4.78, 5) is 47.1. The molecule has 0 saturated carbocycles. The number of aromatic nitrogens is 1. The summed E-state index contributed by atoms with van der Waals surface area (Å²) in [6.45, 7) is 1.19. The number of imide groups is 1. The van der Waals surface area contributed by atoms with Crippen molar-refractivity contribution < 1.29 is 23.9 Å². The lowest BCUT2D eigenvalue weighted by molar-refractivity contribution is -0.120. The first-order valence-electron chi connectivity index (χ1n) is 13.9. The molecular formula is C32H30N4O5. The third-order valence-corrected chi connectivity index (χ3v) is 8.38. The number of nitrogens with one attached hydrogen (secondary N) is 2. The van der Waals surface area contributed by atoms with Crippen LogP contribution in [-0.2, 0) is 16.0 Å². The van der Waals surface area contributed by atoms with E-state index >= 15 is 0 Å². The van der Waals surface area contributed by atoms with E-state index in [1.54, 1.807) is 36.3 Å². The molecule has 3 aliphatic heterocycles. The van der Waals surface area contributed by atoms with Gasteiger partial charge in [0, 0.05) is 41.7 Å². The summed E-state index contributed by atoms with van der Waals surface area (Å²) in [5, 5.41) is 3.96. The Balaban J connectivity index is 1.21. The molecule has 208 valence electrons. The zero-order chi connectivity index (χ0) is 28.1. The maximum absolute atomic E-state index is 14.0. The summed E-state index contributed by atoms with van der Waals surface area (Å²) in [6.07, 6.45) is 2.40. The number of hydrogen-bond acceptors (Lipinski definition) is 5. The summed E-state index contributed by atoms with van der Waals surface area (Å²) in [7, 11) is 1.61. The first-order chi connectivity index (χ1) is 20.0. The van der Waals surface area contributed by atoms with Crippen molar-refractivity contribution in [1.82, 2.24) is 15.2 Å². The highest BCUT2D eigenvalue weighted by atomic mass is 16.5. The molecule has 4 aromatic rings. The Hall–Kier alpha value is -4.63. The van der Waals surface area contributed by atoms with Crippen molar-refractivity contribution in [2.24, 2.45) is 0 Å². The van der Waals surface area contributed by atoms with Gasteiger partial charge in [0.05, 0.1) is 18.9 Å². The summed E-state index contributed by atoms with van der Waals surface area (Å²) >= 11 is 0. The minimum atomic E-state index is -0.657. The van der Waals surface area contributed by atoms with Gasteiger partial charge in [-0.2, -0.15) is 0 Å². The van der Waals surface area contributed by atoms with Crippen molar-refractivity contribution in [3.05, 3.63) is 95.2 Å². The number of H-pyrrole nitrogens is 1. The molecule has 1 aromatic heterocycles. The van der Waals surface area contributed by atoms with Crippen molar-refractivity contribution in [3.63, 3.8) is 0 Å². The lowest BCUT2D eigenvalue weighted by atomic mass is 9.89. The molecule has 0 aliphatic carbocycles. The van der Waals surface area contributed by atoms with Gasteiger partial charge in [-0.3, -0.25) is 14.5 Å². The maximum Gasteiger partial charge on any atom is 0.332 e. The van der Waals surface area contributed by atoms with Gasteiger partial charge in [-0.15, -0.1) is 0 Å². The fourth-order valence-corrected chi connectivity index (χ4v) is 6.32. The van der Waals surface area contributed by atoms with Gasteiger partial charge in [-0.05, 0) is 66.4 Å². The normalized spacial score (nSPS) is 21.7. The molecule has 2 N–H and O–H groups in total. The zero-order valence-corrected chi connectivity index (χ0v) is 22.6. The minimum absolute atomic E-state index is 0.0470. The summed E-state index contributed by atoms with van der Waals surface area (Å²) in [5.74, 6) is 0.219. The molecule has 41 heavy (non-hydrogen) atoms. The molecule has 7 rings (SSSR count). The molecule has 0 spiro atoms. The number of urea groups is 1. The van der Waals surface area contributed by atoms with Crippen LogP contribution in [0.2, 0.25) is 0 Å². The molecule has 0 radical (unpaired) electrons. The minimum Gasteiger partial charge on any atom is -0.497 e. The van der Waals surface area contributed by atoms with Gasteiger partial charge in [-0.25, -0.2) is 9.69 Å². The first-order valence-corrected chi connectivity index (χ1v) is 13.9. The average molecular weight is 551 g/mol. The average Bonchev–Trinajstić information content (AvgIpc) is 3.72. The van der Waals surface area contributed by atoms with E-state index in [1.807, 2.05) is 48.5 Å². The van der Waals surface area contributed by atoms with Crippen LogP contribution in [0.3, 0.4) is 0 Å². The number of para-hydroxylation sites is 1. The van der Waals surface area contributed by atoms with E-state index in [9.17, 15) is 14.4 Å². The van der Waals surface area contributed by atoms with E-state index in [2.05, 4.69) is 10.3 Å². The van der Waals surface area contributed by atoms with Gasteiger partial charge in [0.2, 0.25) is 0 Å². The molecular weight excluding hydrogens is 520 g/mol. The van der Waals surface area contributed by atoms with Crippen molar-refractivity contribution in [3.8, 4) is 5.75 Å². The fraction of sp³-hybridized carbons (Fsp3) is 0.281. The predicted molar refractivity (Wildman–Crippen MR) is 153 cm³/mol. The molecule has 0 unspecified atom stereocenters. The van der Waals surface area contributed by atoms with E-state index in [1.165, 1.54) is 4.90 Å². The smallest absolute Gasteiger partial charge is 0.332 e. The van der Waals surface area contributed by atoms with Gasteiger partial charge >= 0.3 is 6.03 Å². The zero-order valence-electron chi connectivity index (χ0n) is 22.6. The van der Waals surface area contributed by atoms with E-state index < -0.39 is 12.1 Å². The number of carbonyl (C=O) groups is 3. The highest BCUT2D eigenvalue weighted by Crippen LogP contribution is 2.45. The number of fused-ring (bicyclic) bond motifs is 4. The highest BCUT2D eigenvalue weighted by Gasteiger charge is 2.53. The van der Waals surface area contributed by atoms with E-state index in [-0.39, 0.29) is 23.9 Å². The van der Waals surface area contributed by atoms with Crippen LogP contribution in [0.25, 0.3) is 10.9 Å². The largest absolute Gasteiger partial charge is 0.497 e. The van der Waals surface area contributed by atoms with Gasteiger partial charge in [0.25, 0.3) is 11.8 Å². The van der Waals surface area contributed by atoms with Crippen LogP contribution < -0.4 is 15.0 Å². The molecule has 4 heterocycles. The molecule has 3 aromatic carbocycles. The lowest BCUT2D eigenvalue weighted by Gasteiger charge is -2.36. The molecule has 9 heteroatoms. The van der Waals surface area contributed by atoms with Crippen molar-refractivity contribution >= 4 is 34.4 Å². The van der Waals surface area contributed by atoms with Crippen molar-refractivity contribution in [2.75, 3.05) is 25.2 Å². The summed E-state index contributed by atoms with van der Waals surface area (Å²) < 4.78 is 10.9. The molecule has 2 saturated heterocycles. The Kier molecular flexibility index (Phi) is 6.23. The van der Waals surface area contributed by atoms with Crippen LogP contribution in [-0.4, -0.2) is 60.1 Å². The molecule has 9 nitrogen and oxygen atoms in total. The number of ether oxygens (including phenoxy) is 2. The molecule has 2 fully saturated rings. The van der Waals surface area contributed by atoms with Gasteiger partial charge in [0.1, 0.15) is 17.8 Å². The highest BCUT2D eigenvalue weighted by molar-refractivity contribution is 6.22. The van der Waals surface area contributed by atoms with Crippen molar-refractivity contribution in [2.45, 2.75) is 37.5 Å². The third-order valence-electron chi connectivity index (χ3n) is 8.38. The van der Waals surface area contributed by atoms with Gasteiger partial charge < -0.3 is 19.8 Å². The Morgan fingerprint density at radius 3 is 2.56 bits per heavy atom.